The highest BCUT2D eigenvalue weighted by molar-refractivity contribution is 9.10. The second-order valence-electron chi connectivity index (χ2n) is 7.64. The van der Waals surface area contributed by atoms with Gasteiger partial charge >= 0.3 is 6.09 Å². The fourth-order valence-corrected chi connectivity index (χ4v) is 2.94. The molecule has 0 aromatic heterocycles. The topological polar surface area (TPSA) is 67.8 Å². The van der Waals surface area contributed by atoms with Gasteiger partial charge in [-0.25, -0.2) is 4.79 Å². The Bertz CT molecular complexity index is 802. The molecular formula is C23H28BrNO4. The van der Waals surface area contributed by atoms with Crippen LogP contribution >= 0.6 is 15.9 Å². The molecule has 6 heteroatoms. The highest BCUT2D eigenvalue weighted by Crippen LogP contribution is 2.19. The normalized spacial score (nSPS) is 13.8. The summed E-state index contributed by atoms with van der Waals surface area (Å²) in [5.41, 5.74) is 1.19. The number of benzene rings is 2. The van der Waals surface area contributed by atoms with Crippen LogP contribution < -0.4 is 5.32 Å². The predicted octanol–water partition coefficient (Wildman–Crippen LogP) is 5.15. The molecule has 2 aromatic rings. The smallest absolute Gasteiger partial charge is 0.408 e. The number of alkyl carbamates (subject to hydrolysis) is 1. The van der Waals surface area contributed by atoms with E-state index in [9.17, 15) is 9.90 Å². The number of hydrogen-bond donors (Lipinski definition) is 2. The Balaban J connectivity index is 2.01. The predicted molar refractivity (Wildman–Crippen MR) is 117 cm³/mol. The van der Waals surface area contributed by atoms with E-state index in [4.69, 9.17) is 9.47 Å². The highest BCUT2D eigenvalue weighted by Gasteiger charge is 2.19. The first-order valence-electron chi connectivity index (χ1n) is 9.46. The number of amides is 1. The van der Waals surface area contributed by atoms with Crippen molar-refractivity contribution < 1.29 is 19.4 Å². The quantitative estimate of drug-likeness (QED) is 0.533. The average Bonchev–Trinajstić information content (AvgIpc) is 2.65. The maximum absolute atomic E-state index is 12.2. The van der Waals surface area contributed by atoms with Crippen LogP contribution in [-0.4, -0.2) is 29.4 Å². The first-order chi connectivity index (χ1) is 13.7. The van der Waals surface area contributed by atoms with E-state index in [0.29, 0.717) is 6.61 Å². The van der Waals surface area contributed by atoms with E-state index < -0.39 is 23.8 Å². The Morgan fingerprint density at radius 3 is 2.52 bits per heavy atom. The molecular weight excluding hydrogens is 434 g/mol. The van der Waals surface area contributed by atoms with Gasteiger partial charge in [0.1, 0.15) is 5.60 Å². The Kier molecular flexibility index (Phi) is 8.89. The summed E-state index contributed by atoms with van der Waals surface area (Å²) in [6.45, 7) is 6.09. The Morgan fingerprint density at radius 2 is 1.86 bits per heavy atom. The van der Waals surface area contributed by atoms with Gasteiger partial charge in [0.25, 0.3) is 0 Å². The number of carbonyl (C=O) groups excluding carboxylic acids is 1. The van der Waals surface area contributed by atoms with Crippen LogP contribution in [0.5, 0.6) is 0 Å². The van der Waals surface area contributed by atoms with E-state index in [-0.39, 0.29) is 6.61 Å². The zero-order valence-electron chi connectivity index (χ0n) is 17.0. The highest BCUT2D eigenvalue weighted by atomic mass is 79.9. The van der Waals surface area contributed by atoms with Crippen LogP contribution in [0.4, 0.5) is 4.79 Å². The van der Waals surface area contributed by atoms with Crippen LogP contribution in [0.25, 0.3) is 0 Å². The number of aliphatic hydroxyl groups excluding tert-OH is 1. The summed E-state index contributed by atoms with van der Waals surface area (Å²) >= 11 is 3.40. The maximum Gasteiger partial charge on any atom is 0.408 e. The third kappa shape index (κ3) is 9.26. The second kappa shape index (κ2) is 11.1. The lowest BCUT2D eigenvalue weighted by Crippen LogP contribution is -2.40. The molecule has 0 bridgehead atoms. The summed E-state index contributed by atoms with van der Waals surface area (Å²) < 4.78 is 12.0. The SMILES string of the molecule is CC(C)(C)OC(=O)N[C@H](/C=C\[C@H](O)c1cccc(Br)c1)COCc1ccccc1. The Morgan fingerprint density at radius 1 is 1.14 bits per heavy atom. The lowest BCUT2D eigenvalue weighted by molar-refractivity contribution is 0.0458. The largest absolute Gasteiger partial charge is 0.444 e. The van der Waals surface area contributed by atoms with E-state index in [0.717, 1.165) is 15.6 Å². The third-order valence-corrected chi connectivity index (χ3v) is 4.32. The number of ether oxygens (including phenoxy) is 2. The molecule has 29 heavy (non-hydrogen) atoms. The summed E-state index contributed by atoms with van der Waals surface area (Å²) in [6.07, 6.45) is 2.02. The van der Waals surface area contributed by atoms with Crippen molar-refractivity contribution in [2.75, 3.05) is 6.61 Å². The van der Waals surface area contributed by atoms with Crippen molar-refractivity contribution in [1.29, 1.82) is 0 Å². The van der Waals surface area contributed by atoms with Crippen LogP contribution in [0.1, 0.15) is 38.0 Å². The molecule has 0 spiro atoms. The Hall–Kier alpha value is -2.15. The van der Waals surface area contributed by atoms with Gasteiger partial charge in [-0.1, -0.05) is 70.5 Å². The molecule has 2 rings (SSSR count). The molecule has 2 N–H and O–H groups in total. The monoisotopic (exact) mass is 461 g/mol. The summed E-state index contributed by atoms with van der Waals surface area (Å²) in [6, 6.07) is 16.8. The van der Waals surface area contributed by atoms with Gasteiger partial charge in [-0.2, -0.15) is 0 Å². The maximum atomic E-state index is 12.2. The van der Waals surface area contributed by atoms with Crippen LogP contribution in [-0.2, 0) is 16.1 Å². The van der Waals surface area contributed by atoms with Gasteiger partial charge in [0.2, 0.25) is 0 Å². The van der Waals surface area contributed by atoms with Crippen molar-refractivity contribution in [3.05, 3.63) is 82.3 Å². The number of hydrogen-bond acceptors (Lipinski definition) is 4. The first kappa shape index (κ1) is 23.1. The minimum Gasteiger partial charge on any atom is -0.444 e. The average molecular weight is 462 g/mol. The number of rotatable bonds is 8. The Labute approximate surface area is 180 Å². The first-order valence-corrected chi connectivity index (χ1v) is 10.3. The minimum atomic E-state index is -0.801. The molecule has 0 radical (unpaired) electrons. The van der Waals surface area contributed by atoms with Gasteiger partial charge < -0.3 is 19.9 Å². The molecule has 2 atom stereocenters. The standard InChI is InChI=1S/C23H28BrNO4/c1-23(2,3)29-22(27)25-20(16-28-15-17-8-5-4-6-9-17)12-13-21(26)18-10-7-11-19(24)14-18/h4-14,20-21,26H,15-16H2,1-3H3,(H,25,27)/b13-12-/t20-,21+/m1/s1. The van der Waals surface area contributed by atoms with Crippen LogP contribution in [0.2, 0.25) is 0 Å². The van der Waals surface area contributed by atoms with E-state index in [1.54, 1.807) is 32.9 Å². The minimum absolute atomic E-state index is 0.246. The molecule has 0 fully saturated rings. The van der Waals surface area contributed by atoms with Gasteiger partial charge in [0.15, 0.2) is 0 Å². The molecule has 156 valence electrons. The lowest BCUT2D eigenvalue weighted by Gasteiger charge is -2.22. The van der Waals surface area contributed by atoms with Crippen LogP contribution in [0.15, 0.2) is 71.2 Å². The fraction of sp³-hybridized carbons (Fsp3) is 0.348. The number of halogens is 1. The van der Waals surface area contributed by atoms with E-state index in [2.05, 4.69) is 21.2 Å². The molecule has 0 unspecified atom stereocenters. The van der Waals surface area contributed by atoms with Gasteiger partial charge in [0, 0.05) is 4.47 Å². The number of aliphatic hydroxyl groups is 1. The van der Waals surface area contributed by atoms with Crippen molar-refractivity contribution in [3.63, 3.8) is 0 Å². The molecule has 0 heterocycles. The van der Waals surface area contributed by atoms with Crippen molar-refractivity contribution in [3.8, 4) is 0 Å². The molecule has 0 saturated heterocycles. The van der Waals surface area contributed by atoms with Gasteiger partial charge in [-0.3, -0.25) is 0 Å². The van der Waals surface area contributed by atoms with E-state index in [1.807, 2.05) is 54.6 Å². The molecule has 5 nitrogen and oxygen atoms in total. The molecule has 0 aliphatic carbocycles. The lowest BCUT2D eigenvalue weighted by atomic mass is 10.1. The van der Waals surface area contributed by atoms with Crippen molar-refractivity contribution >= 4 is 22.0 Å². The van der Waals surface area contributed by atoms with Crippen molar-refractivity contribution in [2.24, 2.45) is 0 Å². The van der Waals surface area contributed by atoms with Gasteiger partial charge in [-0.15, -0.1) is 0 Å². The van der Waals surface area contributed by atoms with Crippen LogP contribution in [0, 0.1) is 0 Å². The van der Waals surface area contributed by atoms with E-state index in [1.165, 1.54) is 0 Å². The summed E-state index contributed by atoms with van der Waals surface area (Å²) in [5, 5.41) is 13.2. The van der Waals surface area contributed by atoms with Crippen LogP contribution in [0.3, 0.4) is 0 Å². The summed E-state index contributed by atoms with van der Waals surface area (Å²) in [4.78, 5) is 12.2. The van der Waals surface area contributed by atoms with Crippen molar-refractivity contribution in [1.82, 2.24) is 5.32 Å². The fourth-order valence-electron chi connectivity index (χ4n) is 2.52. The zero-order chi connectivity index (χ0) is 21.3. The molecule has 0 aliphatic heterocycles. The number of nitrogens with one attached hydrogen (secondary N) is 1. The van der Waals surface area contributed by atoms with E-state index >= 15 is 0 Å². The number of carbonyl (C=O) groups is 1. The summed E-state index contributed by atoms with van der Waals surface area (Å²) in [7, 11) is 0. The van der Waals surface area contributed by atoms with Gasteiger partial charge in [0.05, 0.1) is 25.4 Å². The van der Waals surface area contributed by atoms with Gasteiger partial charge in [-0.05, 0) is 44.0 Å². The second-order valence-corrected chi connectivity index (χ2v) is 8.55. The third-order valence-electron chi connectivity index (χ3n) is 3.83. The zero-order valence-corrected chi connectivity index (χ0v) is 18.6. The van der Waals surface area contributed by atoms with Crippen molar-refractivity contribution in [2.45, 2.75) is 45.1 Å². The molecule has 0 saturated carbocycles. The summed E-state index contributed by atoms with van der Waals surface area (Å²) in [5.74, 6) is 0. The molecule has 0 aliphatic rings. The molecule has 1 amide bonds. The molecule has 2 aromatic carbocycles.